The van der Waals surface area contributed by atoms with Crippen LogP contribution in [0.15, 0.2) is 45.2 Å². The Hall–Kier alpha value is -0.482. The molecule has 0 radical (unpaired) electrons. The molecule has 0 nitrogen and oxygen atoms in total. The van der Waals surface area contributed by atoms with Gasteiger partial charge in [0.1, 0.15) is 0 Å². The van der Waals surface area contributed by atoms with Crippen molar-refractivity contribution in [3.05, 3.63) is 45.2 Å². The summed E-state index contributed by atoms with van der Waals surface area (Å²) in [6.45, 7) is 0. The van der Waals surface area contributed by atoms with Gasteiger partial charge in [-0.15, -0.1) is 0 Å². The first-order valence-corrected chi connectivity index (χ1v) is 5.25. The van der Waals surface area contributed by atoms with E-state index in [1.54, 1.807) is 4.36 Å². The zero-order valence-corrected chi connectivity index (χ0v) is 7.06. The molecule has 0 amide bonds. The first kappa shape index (κ1) is 5.31. The third-order valence-electron chi connectivity index (χ3n) is 1.46. The Bertz CT molecular complexity index is 241. The number of rotatable bonds is 0. The first-order chi connectivity index (χ1) is 4.47. The van der Waals surface area contributed by atoms with E-state index in [0.717, 1.165) is 0 Å². The summed E-state index contributed by atoms with van der Waals surface area (Å²) in [5, 5.41) is 0. The molecule has 1 aliphatic heterocycles. The Balaban J connectivity index is 2.46. The van der Waals surface area contributed by atoms with Crippen molar-refractivity contribution in [1.29, 1.82) is 0 Å². The molecule has 0 bridgehead atoms. The van der Waals surface area contributed by atoms with E-state index in [1.807, 2.05) is 0 Å². The molecule has 2 aliphatic rings. The average Bonchev–Trinajstić information content (AvgIpc) is 2.33. The van der Waals surface area contributed by atoms with E-state index >= 15 is 0 Å². The SMILES string of the molecule is C1=C[AsH]C2=CC=CC2=C1. The molecule has 0 aromatic rings. The standard InChI is InChI=1S/C8H7As/c1-3-7-4-2-6-9-8(7)5-1/h1-6,9H. The van der Waals surface area contributed by atoms with Crippen molar-refractivity contribution in [2.45, 2.75) is 0 Å². The molecule has 0 saturated heterocycles. The molecule has 1 heterocycles. The van der Waals surface area contributed by atoms with Crippen molar-refractivity contribution in [3.8, 4) is 0 Å². The molecule has 2 rings (SSSR count). The normalized spacial score (nSPS) is 24.0. The van der Waals surface area contributed by atoms with Gasteiger partial charge >= 0.3 is 60.9 Å². The van der Waals surface area contributed by atoms with Crippen molar-refractivity contribution in [2.24, 2.45) is 0 Å². The van der Waals surface area contributed by atoms with E-state index in [2.05, 4.69) is 35.2 Å². The van der Waals surface area contributed by atoms with Crippen LogP contribution in [-0.4, -0.2) is 15.8 Å². The molecule has 1 atom stereocenters. The van der Waals surface area contributed by atoms with Crippen LogP contribution in [0.5, 0.6) is 0 Å². The molecule has 1 aliphatic carbocycles. The van der Waals surface area contributed by atoms with Crippen LogP contribution in [0.4, 0.5) is 0 Å². The zero-order chi connectivity index (χ0) is 6.10. The Kier molecular flexibility index (Phi) is 1.20. The van der Waals surface area contributed by atoms with Gasteiger partial charge in [0, 0.05) is 0 Å². The molecule has 0 saturated carbocycles. The summed E-state index contributed by atoms with van der Waals surface area (Å²) in [4.78, 5) is 2.31. The molecule has 0 spiro atoms. The summed E-state index contributed by atoms with van der Waals surface area (Å²) in [5.41, 5.74) is 1.44. The molecule has 1 heteroatoms. The second-order valence-corrected chi connectivity index (χ2v) is 4.50. The van der Waals surface area contributed by atoms with Crippen LogP contribution < -0.4 is 0 Å². The molecule has 0 aromatic heterocycles. The molecule has 9 heavy (non-hydrogen) atoms. The molecule has 0 aromatic carbocycles. The second kappa shape index (κ2) is 2.04. The quantitative estimate of drug-likeness (QED) is 0.491. The van der Waals surface area contributed by atoms with E-state index in [9.17, 15) is 0 Å². The van der Waals surface area contributed by atoms with Gasteiger partial charge in [0.2, 0.25) is 0 Å². The third kappa shape index (κ3) is 0.839. The van der Waals surface area contributed by atoms with Gasteiger partial charge in [-0.25, -0.2) is 0 Å². The Labute approximate surface area is 61.3 Å². The minimum atomic E-state index is 0.0995. The number of allylic oxidation sites excluding steroid dienone is 7. The molecule has 1 unspecified atom stereocenters. The van der Waals surface area contributed by atoms with Crippen LogP contribution in [0.25, 0.3) is 0 Å². The molecular formula is C8H7As. The van der Waals surface area contributed by atoms with E-state index in [1.165, 1.54) is 5.57 Å². The van der Waals surface area contributed by atoms with Crippen LogP contribution in [0, 0.1) is 0 Å². The van der Waals surface area contributed by atoms with Crippen molar-refractivity contribution in [3.63, 3.8) is 0 Å². The molecule has 0 fully saturated rings. The van der Waals surface area contributed by atoms with E-state index < -0.39 is 0 Å². The summed E-state index contributed by atoms with van der Waals surface area (Å²) in [6.07, 6.45) is 10.9. The van der Waals surface area contributed by atoms with Crippen LogP contribution in [0.3, 0.4) is 0 Å². The number of hydrogen-bond donors (Lipinski definition) is 0. The third-order valence-corrected chi connectivity index (χ3v) is 3.82. The van der Waals surface area contributed by atoms with Crippen LogP contribution in [0.1, 0.15) is 0 Å². The van der Waals surface area contributed by atoms with Gasteiger partial charge in [0.15, 0.2) is 0 Å². The van der Waals surface area contributed by atoms with Crippen LogP contribution >= 0.6 is 0 Å². The van der Waals surface area contributed by atoms with Crippen LogP contribution in [0.2, 0.25) is 0 Å². The van der Waals surface area contributed by atoms with E-state index in [-0.39, 0.29) is 15.8 Å². The topological polar surface area (TPSA) is 0 Å². The van der Waals surface area contributed by atoms with Gasteiger partial charge in [0.25, 0.3) is 0 Å². The summed E-state index contributed by atoms with van der Waals surface area (Å²) in [7, 11) is 0. The minimum absolute atomic E-state index is 0.0995. The maximum absolute atomic E-state index is 2.31. The Morgan fingerprint density at radius 2 is 2.11 bits per heavy atom. The van der Waals surface area contributed by atoms with E-state index in [0.29, 0.717) is 0 Å². The Morgan fingerprint density at radius 1 is 1.11 bits per heavy atom. The molecular weight excluding hydrogens is 171 g/mol. The van der Waals surface area contributed by atoms with Crippen LogP contribution in [-0.2, 0) is 0 Å². The van der Waals surface area contributed by atoms with E-state index in [4.69, 9.17) is 0 Å². The summed E-state index contributed by atoms with van der Waals surface area (Å²) in [5.74, 6) is 0. The van der Waals surface area contributed by atoms with Gasteiger partial charge in [-0.2, -0.15) is 0 Å². The van der Waals surface area contributed by atoms with Gasteiger partial charge in [0.05, 0.1) is 0 Å². The predicted molar refractivity (Wildman–Crippen MR) is 41.6 cm³/mol. The number of fused-ring (bicyclic) bond motifs is 1. The number of hydrogen-bond acceptors (Lipinski definition) is 0. The second-order valence-electron chi connectivity index (χ2n) is 2.06. The van der Waals surface area contributed by atoms with Crippen molar-refractivity contribution < 1.29 is 0 Å². The molecule has 44 valence electrons. The predicted octanol–water partition coefficient (Wildman–Crippen LogP) is 1.33. The van der Waals surface area contributed by atoms with Gasteiger partial charge in [-0.3, -0.25) is 0 Å². The maximum atomic E-state index is 2.31. The van der Waals surface area contributed by atoms with Gasteiger partial charge < -0.3 is 0 Å². The van der Waals surface area contributed by atoms with Crippen molar-refractivity contribution in [2.75, 3.05) is 0 Å². The van der Waals surface area contributed by atoms with Gasteiger partial charge in [-0.05, 0) is 0 Å². The summed E-state index contributed by atoms with van der Waals surface area (Å²) >= 11 is 0.0995. The monoisotopic (exact) mass is 178 g/mol. The van der Waals surface area contributed by atoms with Crippen molar-refractivity contribution in [1.82, 2.24) is 0 Å². The first-order valence-electron chi connectivity index (χ1n) is 2.99. The summed E-state index contributed by atoms with van der Waals surface area (Å²) in [6, 6.07) is 0. The molecule has 0 N–H and O–H groups in total. The van der Waals surface area contributed by atoms with Crippen molar-refractivity contribution >= 4 is 15.8 Å². The fourth-order valence-corrected chi connectivity index (χ4v) is 2.88. The fourth-order valence-electron chi connectivity index (χ4n) is 1.00. The Morgan fingerprint density at radius 3 is 3.00 bits per heavy atom. The average molecular weight is 178 g/mol. The zero-order valence-electron chi connectivity index (χ0n) is 4.96. The fraction of sp³-hybridized carbons (Fsp3) is 0. The van der Waals surface area contributed by atoms with Gasteiger partial charge in [-0.1, -0.05) is 0 Å². The summed E-state index contributed by atoms with van der Waals surface area (Å²) < 4.78 is 1.58.